The van der Waals surface area contributed by atoms with Gasteiger partial charge in [-0.3, -0.25) is 9.78 Å². The number of thiazole rings is 1. The van der Waals surface area contributed by atoms with Crippen molar-refractivity contribution in [2.45, 2.75) is 17.9 Å². The molecule has 1 aromatic carbocycles. The lowest BCUT2D eigenvalue weighted by atomic mass is 10.2. The van der Waals surface area contributed by atoms with Crippen LogP contribution < -0.4 is 10.9 Å². The van der Waals surface area contributed by atoms with Crippen LogP contribution in [0.1, 0.15) is 17.0 Å². The van der Waals surface area contributed by atoms with E-state index in [1.807, 2.05) is 18.2 Å². The zero-order valence-electron chi connectivity index (χ0n) is 12.9. The van der Waals surface area contributed by atoms with Gasteiger partial charge in [-0.1, -0.05) is 30.3 Å². The quantitative estimate of drug-likeness (QED) is 0.734. The van der Waals surface area contributed by atoms with Gasteiger partial charge in [-0.15, -0.1) is 11.3 Å². The molecule has 0 saturated carbocycles. The molecule has 122 valence electrons. The molecule has 4 rings (SSSR count). The van der Waals surface area contributed by atoms with Crippen molar-refractivity contribution in [2.75, 3.05) is 11.9 Å². The maximum atomic E-state index is 12.0. The van der Waals surface area contributed by atoms with Crippen LogP contribution in [-0.4, -0.2) is 21.5 Å². The zero-order chi connectivity index (χ0) is 16.4. The van der Waals surface area contributed by atoms with Gasteiger partial charge in [0.1, 0.15) is 5.01 Å². The fourth-order valence-electron chi connectivity index (χ4n) is 2.59. The van der Waals surface area contributed by atoms with Gasteiger partial charge in [-0.25, -0.2) is 9.97 Å². The molecule has 1 aliphatic rings. The lowest BCUT2D eigenvalue weighted by Crippen LogP contribution is -2.18. The Kier molecular flexibility index (Phi) is 4.36. The number of aromatic amines is 1. The van der Waals surface area contributed by atoms with Gasteiger partial charge in [0.2, 0.25) is 5.95 Å². The first-order valence-corrected chi connectivity index (χ1v) is 9.76. The lowest BCUT2D eigenvalue weighted by Gasteiger charge is -2.05. The van der Waals surface area contributed by atoms with E-state index in [4.69, 9.17) is 0 Å². The molecule has 3 heterocycles. The van der Waals surface area contributed by atoms with E-state index in [2.05, 4.69) is 37.8 Å². The Morgan fingerprint density at radius 1 is 1.17 bits per heavy atom. The molecule has 3 aromatic rings. The largest absolute Gasteiger partial charge is 0.355 e. The average molecular weight is 356 g/mol. The molecule has 0 fully saturated rings. The van der Waals surface area contributed by atoms with E-state index in [0.717, 1.165) is 45.4 Å². The minimum absolute atomic E-state index is 0.0208. The summed E-state index contributed by atoms with van der Waals surface area (Å²) in [6.07, 6.45) is 0.791. The Morgan fingerprint density at radius 2 is 2.04 bits per heavy atom. The summed E-state index contributed by atoms with van der Waals surface area (Å²) >= 11 is 3.38. The highest BCUT2D eigenvalue weighted by molar-refractivity contribution is 7.98. The van der Waals surface area contributed by atoms with E-state index < -0.39 is 0 Å². The summed E-state index contributed by atoms with van der Waals surface area (Å²) < 4.78 is 0. The molecule has 2 N–H and O–H groups in total. The summed E-state index contributed by atoms with van der Waals surface area (Å²) in [7, 11) is 0. The summed E-state index contributed by atoms with van der Waals surface area (Å²) in [4.78, 5) is 23.9. The first-order chi connectivity index (χ1) is 11.8. The molecule has 1 aliphatic heterocycles. The Morgan fingerprint density at radius 3 is 2.92 bits per heavy atom. The van der Waals surface area contributed by atoms with Crippen molar-refractivity contribution in [3.8, 4) is 10.6 Å². The van der Waals surface area contributed by atoms with E-state index in [9.17, 15) is 4.79 Å². The number of H-pyrrole nitrogens is 1. The molecule has 0 atom stereocenters. The third-order valence-electron chi connectivity index (χ3n) is 3.83. The van der Waals surface area contributed by atoms with Crippen molar-refractivity contribution >= 4 is 29.0 Å². The minimum atomic E-state index is -0.0208. The second kappa shape index (κ2) is 6.78. The fraction of sp³-hybridized carbons (Fsp3) is 0.235. The third kappa shape index (κ3) is 3.22. The Balaban J connectivity index is 1.39. The van der Waals surface area contributed by atoms with Crippen LogP contribution in [0.3, 0.4) is 0 Å². The summed E-state index contributed by atoms with van der Waals surface area (Å²) in [6.45, 7) is 0.687. The highest BCUT2D eigenvalue weighted by Gasteiger charge is 2.17. The van der Waals surface area contributed by atoms with Crippen molar-refractivity contribution in [3.63, 3.8) is 0 Å². The van der Waals surface area contributed by atoms with Crippen LogP contribution in [0.4, 0.5) is 5.95 Å². The Labute approximate surface area is 147 Å². The predicted octanol–water partition coefficient (Wildman–Crippen LogP) is 3.29. The zero-order valence-corrected chi connectivity index (χ0v) is 14.5. The normalized spacial score (nSPS) is 13.0. The van der Waals surface area contributed by atoms with E-state index in [1.165, 1.54) is 0 Å². The molecule has 2 aromatic heterocycles. The minimum Gasteiger partial charge on any atom is -0.355 e. The molecule has 0 aliphatic carbocycles. The number of rotatable bonds is 5. The summed E-state index contributed by atoms with van der Waals surface area (Å²) in [5.41, 5.74) is 3.89. The number of hydrogen-bond donors (Lipinski definition) is 2. The number of anilines is 1. The van der Waals surface area contributed by atoms with Crippen LogP contribution in [0.15, 0.2) is 40.5 Å². The summed E-state index contributed by atoms with van der Waals surface area (Å²) in [5, 5.41) is 6.32. The molecule has 5 nitrogen and oxygen atoms in total. The lowest BCUT2D eigenvalue weighted by molar-refractivity contribution is 0.935. The molecule has 24 heavy (non-hydrogen) atoms. The number of nitrogens with one attached hydrogen (secondary N) is 2. The van der Waals surface area contributed by atoms with Gasteiger partial charge in [0.05, 0.1) is 11.4 Å². The van der Waals surface area contributed by atoms with Gasteiger partial charge < -0.3 is 5.32 Å². The summed E-state index contributed by atoms with van der Waals surface area (Å²) in [6, 6.07) is 10.2. The number of aromatic nitrogens is 3. The molecule has 0 amide bonds. The third-order valence-corrected chi connectivity index (χ3v) is 5.74. The van der Waals surface area contributed by atoms with Gasteiger partial charge in [0.25, 0.3) is 5.56 Å². The molecule has 0 bridgehead atoms. The van der Waals surface area contributed by atoms with Gasteiger partial charge in [0, 0.05) is 41.0 Å². The molecule has 0 radical (unpaired) electrons. The molecule has 0 unspecified atom stereocenters. The van der Waals surface area contributed by atoms with Gasteiger partial charge >= 0.3 is 0 Å². The van der Waals surface area contributed by atoms with Crippen LogP contribution in [0, 0.1) is 0 Å². The Bertz CT molecular complexity index is 904. The van der Waals surface area contributed by atoms with Crippen LogP contribution in [0.5, 0.6) is 0 Å². The molecule has 7 heteroatoms. The van der Waals surface area contributed by atoms with E-state index in [1.54, 1.807) is 23.1 Å². The van der Waals surface area contributed by atoms with Gasteiger partial charge in [0.15, 0.2) is 0 Å². The monoisotopic (exact) mass is 356 g/mol. The molecular weight excluding hydrogens is 340 g/mol. The highest BCUT2D eigenvalue weighted by atomic mass is 32.2. The van der Waals surface area contributed by atoms with E-state index in [-0.39, 0.29) is 5.56 Å². The fourth-order valence-corrected chi connectivity index (χ4v) is 4.49. The molecule has 0 spiro atoms. The van der Waals surface area contributed by atoms with Crippen LogP contribution in [0.25, 0.3) is 10.6 Å². The number of thioether (sulfide) groups is 1. The number of nitrogens with zero attached hydrogens (tertiary/aromatic N) is 2. The van der Waals surface area contributed by atoms with Crippen LogP contribution >= 0.6 is 23.1 Å². The smallest absolute Gasteiger partial charge is 0.256 e. The van der Waals surface area contributed by atoms with Crippen molar-refractivity contribution in [2.24, 2.45) is 0 Å². The maximum Gasteiger partial charge on any atom is 0.256 e. The van der Waals surface area contributed by atoms with Crippen LogP contribution in [0.2, 0.25) is 0 Å². The highest BCUT2D eigenvalue weighted by Crippen LogP contribution is 2.26. The first kappa shape index (κ1) is 15.4. The van der Waals surface area contributed by atoms with Crippen molar-refractivity contribution in [3.05, 3.63) is 63.0 Å². The SMILES string of the molecule is O=c1[nH]c(NCCc2csc(-c3ccccc3)n2)nc2c1CSC2. The number of hydrogen-bond acceptors (Lipinski definition) is 6. The number of benzene rings is 1. The molecule has 0 saturated heterocycles. The maximum absolute atomic E-state index is 12.0. The number of fused-ring (bicyclic) bond motifs is 1. The second-order valence-electron chi connectivity index (χ2n) is 5.52. The second-order valence-corrected chi connectivity index (χ2v) is 7.36. The van der Waals surface area contributed by atoms with Crippen molar-refractivity contribution < 1.29 is 0 Å². The van der Waals surface area contributed by atoms with Gasteiger partial charge in [-0.2, -0.15) is 11.8 Å². The standard InChI is InChI=1S/C17H16N4OS2/c22-15-13-9-23-10-14(13)20-17(21-15)18-7-6-12-8-24-16(19-12)11-4-2-1-3-5-11/h1-5,8H,6-7,9-10H2,(H2,18,20,21,22). The van der Waals surface area contributed by atoms with Crippen molar-refractivity contribution in [1.82, 2.24) is 15.0 Å². The summed E-state index contributed by atoms with van der Waals surface area (Å²) in [5.74, 6) is 2.14. The topological polar surface area (TPSA) is 70.7 Å². The van der Waals surface area contributed by atoms with E-state index in [0.29, 0.717) is 12.5 Å². The van der Waals surface area contributed by atoms with E-state index >= 15 is 0 Å². The van der Waals surface area contributed by atoms with Crippen LogP contribution in [-0.2, 0) is 17.9 Å². The van der Waals surface area contributed by atoms with Gasteiger partial charge in [-0.05, 0) is 0 Å². The van der Waals surface area contributed by atoms with Crippen molar-refractivity contribution in [1.29, 1.82) is 0 Å². The Hall–Kier alpha value is -2.12. The average Bonchev–Trinajstić information content (AvgIpc) is 3.25. The predicted molar refractivity (Wildman–Crippen MR) is 99.6 cm³/mol. The first-order valence-electron chi connectivity index (χ1n) is 7.73. The molecular formula is C17H16N4OS2.